The van der Waals surface area contributed by atoms with Gasteiger partial charge >= 0.3 is 0 Å². The summed E-state index contributed by atoms with van der Waals surface area (Å²) in [5.41, 5.74) is 0. The minimum atomic E-state index is -0.748. The summed E-state index contributed by atoms with van der Waals surface area (Å²) >= 11 is 0. The van der Waals surface area contributed by atoms with Gasteiger partial charge in [0.2, 0.25) is 17.7 Å². The Hall–Kier alpha value is -2.57. The summed E-state index contributed by atoms with van der Waals surface area (Å²) in [6.45, 7) is 0. The number of amides is 3. The van der Waals surface area contributed by atoms with Gasteiger partial charge in [0.25, 0.3) is 0 Å². The summed E-state index contributed by atoms with van der Waals surface area (Å²) in [6, 6.07) is 2.67. The van der Waals surface area contributed by atoms with Crippen LogP contribution in [0, 0.1) is 0 Å². The van der Waals surface area contributed by atoms with Gasteiger partial charge in [-0.3, -0.25) is 14.4 Å². The van der Waals surface area contributed by atoms with Crippen molar-refractivity contribution in [3.05, 3.63) is 30.2 Å². The van der Waals surface area contributed by atoms with Crippen LogP contribution in [0.4, 0.5) is 0 Å². The van der Waals surface area contributed by atoms with Crippen LogP contribution in [0.3, 0.4) is 0 Å². The van der Waals surface area contributed by atoms with E-state index in [0.717, 1.165) is 0 Å². The van der Waals surface area contributed by atoms with Crippen LogP contribution >= 0.6 is 0 Å². The van der Waals surface area contributed by atoms with Crippen LogP contribution in [0.25, 0.3) is 6.08 Å². The van der Waals surface area contributed by atoms with Gasteiger partial charge in [0.05, 0.1) is 6.26 Å². The Bertz CT molecular complexity index is 562. The van der Waals surface area contributed by atoms with Gasteiger partial charge in [0, 0.05) is 40.7 Å². The van der Waals surface area contributed by atoms with Crippen LogP contribution in [0.5, 0.6) is 0 Å². The number of nitrogens with one attached hydrogen (secondary N) is 1. The van der Waals surface area contributed by atoms with Gasteiger partial charge in [0.1, 0.15) is 11.8 Å². The first-order valence-corrected chi connectivity index (χ1v) is 7.24. The van der Waals surface area contributed by atoms with E-state index in [4.69, 9.17) is 4.42 Å². The fourth-order valence-electron chi connectivity index (χ4n) is 1.82. The standard InChI is InChI=1S/C16H23N3O4/c1-18(2)15(21)10-8-13(16(22)19(3)4)17-14(20)9-7-12-6-5-11-23-12/h5-7,9,11,13H,8,10H2,1-4H3,(H,17,20)/b9-7+. The molecule has 0 aromatic carbocycles. The Morgan fingerprint density at radius 3 is 2.43 bits per heavy atom. The van der Waals surface area contributed by atoms with Crippen molar-refractivity contribution in [2.24, 2.45) is 0 Å². The van der Waals surface area contributed by atoms with E-state index < -0.39 is 11.9 Å². The van der Waals surface area contributed by atoms with Crippen LogP contribution in [0.2, 0.25) is 0 Å². The number of carbonyl (C=O) groups excluding carboxylic acids is 3. The second kappa shape index (κ2) is 8.77. The summed E-state index contributed by atoms with van der Waals surface area (Å²) in [6.07, 6.45) is 4.73. The first-order chi connectivity index (χ1) is 10.8. The molecular formula is C16H23N3O4. The normalized spacial score (nSPS) is 12.0. The Morgan fingerprint density at radius 2 is 1.91 bits per heavy atom. The van der Waals surface area contributed by atoms with Crippen molar-refractivity contribution >= 4 is 23.8 Å². The van der Waals surface area contributed by atoms with Gasteiger partial charge in [-0.15, -0.1) is 0 Å². The average Bonchev–Trinajstić information content (AvgIpc) is 3.01. The number of hydrogen-bond acceptors (Lipinski definition) is 4. The van der Waals surface area contributed by atoms with E-state index in [1.54, 1.807) is 40.3 Å². The third kappa shape index (κ3) is 6.37. The van der Waals surface area contributed by atoms with Crippen molar-refractivity contribution in [1.29, 1.82) is 0 Å². The molecule has 3 amide bonds. The molecule has 0 radical (unpaired) electrons. The number of carbonyl (C=O) groups is 3. The van der Waals surface area contributed by atoms with Crippen LogP contribution in [0.1, 0.15) is 18.6 Å². The molecule has 1 atom stereocenters. The van der Waals surface area contributed by atoms with Crippen molar-refractivity contribution < 1.29 is 18.8 Å². The highest BCUT2D eigenvalue weighted by Crippen LogP contribution is 2.05. The molecule has 0 aliphatic heterocycles. The second-order valence-electron chi connectivity index (χ2n) is 5.47. The minimum absolute atomic E-state index is 0.0954. The lowest BCUT2D eigenvalue weighted by Gasteiger charge is -2.21. The maximum atomic E-state index is 12.1. The molecule has 0 saturated carbocycles. The molecule has 1 unspecified atom stereocenters. The molecule has 23 heavy (non-hydrogen) atoms. The fourth-order valence-corrected chi connectivity index (χ4v) is 1.82. The number of nitrogens with zero attached hydrogens (tertiary/aromatic N) is 2. The Balaban J connectivity index is 2.66. The fraction of sp³-hybridized carbons (Fsp3) is 0.438. The molecule has 1 aromatic heterocycles. The summed E-state index contributed by atoms with van der Waals surface area (Å²) in [4.78, 5) is 38.6. The average molecular weight is 321 g/mol. The molecule has 126 valence electrons. The highest BCUT2D eigenvalue weighted by molar-refractivity contribution is 5.95. The first kappa shape index (κ1) is 18.5. The summed E-state index contributed by atoms with van der Waals surface area (Å²) in [7, 11) is 6.51. The van der Waals surface area contributed by atoms with Crippen LogP contribution in [-0.2, 0) is 14.4 Å². The van der Waals surface area contributed by atoms with Gasteiger partial charge in [-0.05, 0) is 24.6 Å². The highest BCUT2D eigenvalue weighted by Gasteiger charge is 2.22. The quantitative estimate of drug-likeness (QED) is 0.751. The van der Waals surface area contributed by atoms with Crippen molar-refractivity contribution in [2.75, 3.05) is 28.2 Å². The zero-order chi connectivity index (χ0) is 17.4. The van der Waals surface area contributed by atoms with E-state index in [-0.39, 0.29) is 24.7 Å². The maximum absolute atomic E-state index is 12.1. The monoisotopic (exact) mass is 321 g/mol. The Labute approximate surface area is 135 Å². The van der Waals surface area contributed by atoms with Gasteiger partial charge in [-0.25, -0.2) is 0 Å². The summed E-state index contributed by atoms with van der Waals surface area (Å²) < 4.78 is 5.09. The minimum Gasteiger partial charge on any atom is -0.465 e. The van der Waals surface area contributed by atoms with E-state index >= 15 is 0 Å². The van der Waals surface area contributed by atoms with E-state index in [2.05, 4.69) is 5.32 Å². The zero-order valence-corrected chi connectivity index (χ0v) is 13.9. The third-order valence-corrected chi connectivity index (χ3v) is 3.14. The molecular weight excluding hydrogens is 298 g/mol. The van der Waals surface area contributed by atoms with Crippen LogP contribution in [0.15, 0.2) is 28.9 Å². The summed E-state index contributed by atoms with van der Waals surface area (Å²) in [5.74, 6) is -0.226. The molecule has 0 saturated heterocycles. The Morgan fingerprint density at radius 1 is 1.22 bits per heavy atom. The van der Waals surface area contributed by atoms with Crippen molar-refractivity contribution in [3.8, 4) is 0 Å². The van der Waals surface area contributed by atoms with Crippen LogP contribution in [-0.4, -0.2) is 61.8 Å². The van der Waals surface area contributed by atoms with Gasteiger partial charge < -0.3 is 19.5 Å². The number of rotatable bonds is 7. The molecule has 7 nitrogen and oxygen atoms in total. The van der Waals surface area contributed by atoms with E-state index in [1.807, 2.05) is 0 Å². The molecule has 1 N–H and O–H groups in total. The third-order valence-electron chi connectivity index (χ3n) is 3.14. The Kier molecular flexibility index (Phi) is 7.05. The molecule has 0 bridgehead atoms. The number of likely N-dealkylation sites (N-methyl/N-ethyl adjacent to an activating group) is 1. The molecule has 1 aromatic rings. The van der Waals surface area contributed by atoms with Gasteiger partial charge in [-0.1, -0.05) is 0 Å². The number of hydrogen-bond donors (Lipinski definition) is 1. The van der Waals surface area contributed by atoms with E-state index in [9.17, 15) is 14.4 Å². The molecule has 0 aliphatic carbocycles. The zero-order valence-electron chi connectivity index (χ0n) is 13.9. The molecule has 1 heterocycles. The van der Waals surface area contributed by atoms with Gasteiger partial charge in [-0.2, -0.15) is 0 Å². The predicted molar refractivity (Wildman–Crippen MR) is 86.3 cm³/mol. The van der Waals surface area contributed by atoms with Gasteiger partial charge in [0.15, 0.2) is 0 Å². The molecule has 0 spiro atoms. The smallest absolute Gasteiger partial charge is 0.244 e. The lowest BCUT2D eigenvalue weighted by atomic mass is 10.1. The van der Waals surface area contributed by atoms with Crippen molar-refractivity contribution in [3.63, 3.8) is 0 Å². The molecule has 0 aliphatic rings. The second-order valence-corrected chi connectivity index (χ2v) is 5.47. The lowest BCUT2D eigenvalue weighted by molar-refractivity contribution is -0.134. The molecule has 7 heteroatoms. The van der Waals surface area contributed by atoms with Crippen molar-refractivity contribution in [1.82, 2.24) is 15.1 Å². The predicted octanol–water partition coefficient (Wildman–Crippen LogP) is 0.734. The lowest BCUT2D eigenvalue weighted by Crippen LogP contribution is -2.46. The largest absolute Gasteiger partial charge is 0.465 e. The van der Waals surface area contributed by atoms with E-state index in [1.165, 1.54) is 28.2 Å². The van der Waals surface area contributed by atoms with Crippen LogP contribution < -0.4 is 5.32 Å². The number of furan rings is 1. The highest BCUT2D eigenvalue weighted by atomic mass is 16.3. The van der Waals surface area contributed by atoms with Crippen molar-refractivity contribution in [2.45, 2.75) is 18.9 Å². The topological polar surface area (TPSA) is 82.9 Å². The maximum Gasteiger partial charge on any atom is 0.244 e. The van der Waals surface area contributed by atoms with E-state index in [0.29, 0.717) is 5.76 Å². The molecule has 0 fully saturated rings. The summed E-state index contributed by atoms with van der Waals surface area (Å²) in [5, 5.41) is 2.63. The SMILES string of the molecule is CN(C)C(=O)CCC(NC(=O)/C=C/c1ccco1)C(=O)N(C)C. The molecule has 1 rings (SSSR count). The first-order valence-electron chi connectivity index (χ1n) is 7.24.